The van der Waals surface area contributed by atoms with Crippen LogP contribution in [-0.4, -0.2) is 29.3 Å². The van der Waals surface area contributed by atoms with Gasteiger partial charge in [-0.3, -0.25) is 4.98 Å². The Morgan fingerprint density at radius 2 is 2.33 bits per heavy atom. The highest BCUT2D eigenvalue weighted by atomic mass is 16.5. The summed E-state index contributed by atoms with van der Waals surface area (Å²) in [6, 6.07) is 0. The summed E-state index contributed by atoms with van der Waals surface area (Å²) in [5.41, 5.74) is 6.21. The molecular weight excluding hydrogens is 194 g/mol. The Morgan fingerprint density at radius 3 is 3.07 bits per heavy atom. The zero-order valence-electron chi connectivity index (χ0n) is 8.56. The molecule has 1 aliphatic rings. The van der Waals surface area contributed by atoms with Crippen molar-refractivity contribution in [3.8, 4) is 5.88 Å². The van der Waals surface area contributed by atoms with E-state index in [9.17, 15) is 0 Å². The van der Waals surface area contributed by atoms with E-state index in [0.29, 0.717) is 24.7 Å². The van der Waals surface area contributed by atoms with E-state index in [1.54, 1.807) is 12.4 Å². The highest BCUT2D eigenvalue weighted by Gasteiger charge is 2.17. The molecule has 0 radical (unpaired) electrons. The maximum absolute atomic E-state index is 5.53. The minimum atomic E-state index is 0.192. The van der Waals surface area contributed by atoms with E-state index in [-0.39, 0.29) is 6.10 Å². The van der Waals surface area contributed by atoms with Gasteiger partial charge in [0.15, 0.2) is 0 Å². The minimum Gasteiger partial charge on any atom is -0.474 e. The third kappa shape index (κ3) is 2.64. The molecule has 0 saturated carbocycles. The SMILES string of the molecule is NCc1nccnc1OCC1CCCO1. The second-order valence-electron chi connectivity index (χ2n) is 3.46. The fourth-order valence-corrected chi connectivity index (χ4v) is 1.56. The highest BCUT2D eigenvalue weighted by molar-refractivity contribution is 5.16. The molecule has 1 fully saturated rings. The van der Waals surface area contributed by atoms with Crippen LogP contribution >= 0.6 is 0 Å². The van der Waals surface area contributed by atoms with Crippen LogP contribution in [0.3, 0.4) is 0 Å². The smallest absolute Gasteiger partial charge is 0.237 e. The van der Waals surface area contributed by atoms with Gasteiger partial charge in [0.1, 0.15) is 12.3 Å². The summed E-state index contributed by atoms with van der Waals surface area (Å²) >= 11 is 0. The first-order valence-corrected chi connectivity index (χ1v) is 5.14. The maximum atomic E-state index is 5.53. The van der Waals surface area contributed by atoms with Gasteiger partial charge in [-0.1, -0.05) is 0 Å². The lowest BCUT2D eigenvalue weighted by Crippen LogP contribution is -2.18. The molecule has 82 valence electrons. The topological polar surface area (TPSA) is 70.3 Å². The molecule has 1 aliphatic heterocycles. The summed E-state index contributed by atoms with van der Waals surface area (Å²) in [4.78, 5) is 8.18. The molecule has 1 saturated heterocycles. The summed E-state index contributed by atoms with van der Waals surface area (Å²) in [5.74, 6) is 0.524. The van der Waals surface area contributed by atoms with Crippen molar-refractivity contribution in [2.75, 3.05) is 13.2 Å². The van der Waals surface area contributed by atoms with Gasteiger partial charge in [0, 0.05) is 25.5 Å². The Kier molecular flexibility index (Phi) is 3.47. The summed E-state index contributed by atoms with van der Waals surface area (Å²) in [7, 11) is 0. The lowest BCUT2D eigenvalue weighted by molar-refractivity contribution is 0.0658. The van der Waals surface area contributed by atoms with Gasteiger partial charge < -0.3 is 15.2 Å². The number of hydrogen-bond donors (Lipinski definition) is 1. The Morgan fingerprint density at radius 1 is 1.47 bits per heavy atom. The largest absolute Gasteiger partial charge is 0.474 e. The Balaban J connectivity index is 1.91. The van der Waals surface area contributed by atoms with Gasteiger partial charge in [-0.15, -0.1) is 0 Å². The van der Waals surface area contributed by atoms with E-state index >= 15 is 0 Å². The maximum Gasteiger partial charge on any atom is 0.237 e. The molecule has 1 aromatic heterocycles. The van der Waals surface area contributed by atoms with E-state index < -0.39 is 0 Å². The molecule has 0 amide bonds. The van der Waals surface area contributed by atoms with Crippen LogP contribution < -0.4 is 10.5 Å². The van der Waals surface area contributed by atoms with Crippen LogP contribution in [0.15, 0.2) is 12.4 Å². The van der Waals surface area contributed by atoms with Crippen molar-refractivity contribution in [3.63, 3.8) is 0 Å². The van der Waals surface area contributed by atoms with Crippen LogP contribution in [0, 0.1) is 0 Å². The molecule has 1 aromatic rings. The molecule has 1 unspecified atom stereocenters. The van der Waals surface area contributed by atoms with Gasteiger partial charge in [-0.25, -0.2) is 4.98 Å². The van der Waals surface area contributed by atoms with E-state index in [1.807, 2.05) is 0 Å². The van der Waals surface area contributed by atoms with Crippen molar-refractivity contribution in [2.24, 2.45) is 5.73 Å². The monoisotopic (exact) mass is 209 g/mol. The molecule has 0 spiro atoms. The van der Waals surface area contributed by atoms with Crippen molar-refractivity contribution < 1.29 is 9.47 Å². The quantitative estimate of drug-likeness (QED) is 0.781. The minimum absolute atomic E-state index is 0.192. The molecule has 5 heteroatoms. The molecule has 0 bridgehead atoms. The molecule has 1 atom stereocenters. The summed E-state index contributed by atoms with van der Waals surface area (Å²) in [6.07, 6.45) is 5.57. The summed E-state index contributed by atoms with van der Waals surface area (Å²) in [6.45, 7) is 1.71. The van der Waals surface area contributed by atoms with Crippen LogP contribution in [-0.2, 0) is 11.3 Å². The summed E-state index contributed by atoms with van der Waals surface area (Å²) in [5, 5.41) is 0. The molecular formula is C10H15N3O2. The van der Waals surface area contributed by atoms with Gasteiger partial charge in [0.25, 0.3) is 0 Å². The van der Waals surface area contributed by atoms with Crippen LogP contribution in [0.25, 0.3) is 0 Å². The van der Waals surface area contributed by atoms with E-state index in [0.717, 1.165) is 19.4 Å². The first kappa shape index (κ1) is 10.3. The molecule has 5 nitrogen and oxygen atoms in total. The van der Waals surface area contributed by atoms with Crippen LogP contribution in [0.1, 0.15) is 18.5 Å². The van der Waals surface area contributed by atoms with E-state index in [4.69, 9.17) is 15.2 Å². The number of nitrogens with zero attached hydrogens (tertiary/aromatic N) is 2. The van der Waals surface area contributed by atoms with Gasteiger partial charge in [0.2, 0.25) is 5.88 Å². The van der Waals surface area contributed by atoms with Crippen molar-refractivity contribution >= 4 is 0 Å². The molecule has 0 aromatic carbocycles. The number of rotatable bonds is 4. The van der Waals surface area contributed by atoms with Crippen LogP contribution in [0.4, 0.5) is 0 Å². The normalized spacial score (nSPS) is 20.5. The zero-order valence-corrected chi connectivity index (χ0v) is 8.56. The van der Waals surface area contributed by atoms with Crippen molar-refractivity contribution in [2.45, 2.75) is 25.5 Å². The highest BCUT2D eigenvalue weighted by Crippen LogP contribution is 2.15. The van der Waals surface area contributed by atoms with E-state index in [2.05, 4.69) is 9.97 Å². The fourth-order valence-electron chi connectivity index (χ4n) is 1.56. The third-order valence-corrected chi connectivity index (χ3v) is 2.36. The fraction of sp³-hybridized carbons (Fsp3) is 0.600. The lowest BCUT2D eigenvalue weighted by atomic mass is 10.2. The average Bonchev–Trinajstić information content (AvgIpc) is 2.79. The van der Waals surface area contributed by atoms with Crippen LogP contribution in [0.2, 0.25) is 0 Å². The Bertz CT molecular complexity index is 313. The van der Waals surface area contributed by atoms with Crippen molar-refractivity contribution in [3.05, 3.63) is 18.1 Å². The predicted octanol–water partition coefficient (Wildman–Crippen LogP) is 0.493. The van der Waals surface area contributed by atoms with E-state index in [1.165, 1.54) is 0 Å². The molecule has 2 rings (SSSR count). The van der Waals surface area contributed by atoms with Gasteiger partial charge >= 0.3 is 0 Å². The van der Waals surface area contributed by atoms with Crippen molar-refractivity contribution in [1.82, 2.24) is 9.97 Å². The lowest BCUT2D eigenvalue weighted by Gasteiger charge is -2.11. The predicted molar refractivity (Wildman–Crippen MR) is 54.4 cm³/mol. The molecule has 2 N–H and O–H groups in total. The van der Waals surface area contributed by atoms with Gasteiger partial charge in [0.05, 0.1) is 6.10 Å². The Labute approximate surface area is 88.6 Å². The summed E-state index contributed by atoms with van der Waals surface area (Å²) < 4.78 is 11.0. The zero-order chi connectivity index (χ0) is 10.5. The Hall–Kier alpha value is -1.20. The number of hydrogen-bond acceptors (Lipinski definition) is 5. The number of aromatic nitrogens is 2. The second-order valence-corrected chi connectivity index (χ2v) is 3.46. The van der Waals surface area contributed by atoms with Gasteiger partial charge in [-0.05, 0) is 12.8 Å². The average molecular weight is 209 g/mol. The second kappa shape index (κ2) is 5.04. The molecule has 15 heavy (non-hydrogen) atoms. The van der Waals surface area contributed by atoms with Crippen LogP contribution in [0.5, 0.6) is 5.88 Å². The third-order valence-electron chi connectivity index (χ3n) is 2.36. The molecule has 0 aliphatic carbocycles. The number of ether oxygens (including phenoxy) is 2. The standard InChI is InChI=1S/C10H15N3O2/c11-6-9-10(13-4-3-12-9)15-7-8-2-1-5-14-8/h3-4,8H,1-2,5-7,11H2. The first-order valence-electron chi connectivity index (χ1n) is 5.14. The van der Waals surface area contributed by atoms with Gasteiger partial charge in [-0.2, -0.15) is 0 Å². The van der Waals surface area contributed by atoms with Crippen molar-refractivity contribution in [1.29, 1.82) is 0 Å². The first-order chi connectivity index (χ1) is 7.40. The number of nitrogens with two attached hydrogens (primary N) is 1. The molecule has 2 heterocycles.